The largest absolute Gasteiger partial charge is 0.459 e. The molecule has 0 bridgehead atoms. The van der Waals surface area contributed by atoms with Crippen LogP contribution in [0.25, 0.3) is 0 Å². The fraction of sp³-hybridized carbons (Fsp3) is 0.283. The number of sulfonamides is 1. The van der Waals surface area contributed by atoms with Gasteiger partial charge in [-0.3, -0.25) is 14.9 Å². The molecular weight excluding hydrogens is 903 g/mol. The molecule has 0 aromatic heterocycles. The number of nitrogens with one attached hydrogen (secondary N) is 1. The topological polar surface area (TPSA) is 182 Å². The molecule has 1 aliphatic heterocycles. The van der Waals surface area contributed by atoms with Gasteiger partial charge in [-0.1, -0.05) is 164 Å². The summed E-state index contributed by atoms with van der Waals surface area (Å²) in [5, 5.41) is 15.2. The van der Waals surface area contributed by atoms with Crippen LogP contribution in [0.15, 0.2) is 181 Å². The molecule has 6 aromatic rings. The predicted molar refractivity (Wildman–Crippen MR) is 255 cm³/mol. The number of ether oxygens (including phenoxy) is 6. The highest BCUT2D eigenvalue weighted by molar-refractivity contribution is 7.89. The van der Waals surface area contributed by atoms with E-state index in [0.717, 1.165) is 38.7 Å². The molecule has 1 saturated heterocycles. The lowest BCUT2D eigenvalue weighted by molar-refractivity contribution is -0.387. The first kappa shape index (κ1) is 50.3. The van der Waals surface area contributed by atoms with Gasteiger partial charge in [0.15, 0.2) is 11.2 Å². The molecule has 7 rings (SSSR count). The highest BCUT2D eigenvalue weighted by Crippen LogP contribution is 2.35. The van der Waals surface area contributed by atoms with E-state index in [1.807, 2.05) is 97.1 Å². The van der Waals surface area contributed by atoms with E-state index in [-0.39, 0.29) is 32.8 Å². The van der Waals surface area contributed by atoms with Crippen LogP contribution in [0.2, 0.25) is 0 Å². The lowest BCUT2D eigenvalue weighted by atomic mass is 9.96. The third kappa shape index (κ3) is 13.5. The number of methoxy groups -OCH3 is 1. The van der Waals surface area contributed by atoms with E-state index in [4.69, 9.17) is 28.4 Å². The molecule has 7 atom stereocenters. The minimum absolute atomic E-state index is 0.0209. The lowest BCUT2D eigenvalue weighted by Crippen LogP contribution is -2.64. The van der Waals surface area contributed by atoms with E-state index in [9.17, 15) is 19.7 Å². The van der Waals surface area contributed by atoms with Crippen molar-refractivity contribution in [2.24, 2.45) is 0 Å². The van der Waals surface area contributed by atoms with Crippen molar-refractivity contribution in [1.82, 2.24) is 9.62 Å². The molecule has 16 heteroatoms. The molecule has 6 aromatic carbocycles. The predicted octanol–water partition coefficient (Wildman–Crippen LogP) is 7.57. The van der Waals surface area contributed by atoms with E-state index < -0.39 is 86.7 Å². The maximum Gasteiger partial charge on any atom is 0.328 e. The van der Waals surface area contributed by atoms with E-state index >= 15 is 8.42 Å². The van der Waals surface area contributed by atoms with Crippen molar-refractivity contribution in [1.29, 1.82) is 0 Å². The average Bonchev–Trinajstić information content (AvgIpc) is 3.38. The van der Waals surface area contributed by atoms with Crippen molar-refractivity contribution < 1.29 is 51.4 Å². The van der Waals surface area contributed by atoms with E-state index in [2.05, 4.69) is 5.32 Å². The van der Waals surface area contributed by atoms with Gasteiger partial charge in [-0.25, -0.2) is 13.2 Å². The maximum atomic E-state index is 15.5. The maximum absolute atomic E-state index is 15.5. The van der Waals surface area contributed by atoms with Gasteiger partial charge >= 0.3 is 5.97 Å². The number of esters is 1. The van der Waals surface area contributed by atoms with Gasteiger partial charge in [0.2, 0.25) is 5.91 Å². The smallest absolute Gasteiger partial charge is 0.328 e. The Morgan fingerprint density at radius 2 is 1.07 bits per heavy atom. The van der Waals surface area contributed by atoms with Crippen LogP contribution in [-0.2, 0) is 80.9 Å². The van der Waals surface area contributed by atoms with Gasteiger partial charge in [-0.05, 0) is 47.2 Å². The Kier molecular flexibility index (Phi) is 17.9. The number of carbonyl (C=O) groups excluding carboxylic acids is 2. The summed E-state index contributed by atoms with van der Waals surface area (Å²) in [7, 11) is -3.60. The molecule has 1 amide bonds. The standard InChI is InChI=1S/C53H55N3O12S/c1-38(52(58)67-37-43-28-16-7-17-29-43)54-51(57)45(32-39-20-8-3-9-21-39)55(69(61,62)47-31-19-18-30-44(47)56(59)60)33-46-48(64-34-40-22-10-4-11-23-40)49(65-35-41-24-12-5-13-25-41)50(53(63-2)68-46)66-36-42-26-14-6-15-27-42/h3-31,38,45-46,48-50,53H,32-37H2,1-2H3,(H,54,57)/t38-,45+,46+,48+,49-,50+,53-/m0/s1. The average molecular weight is 958 g/mol. The van der Waals surface area contributed by atoms with Crippen molar-refractivity contribution in [2.75, 3.05) is 13.7 Å². The number of amides is 1. The molecule has 0 unspecified atom stereocenters. The first-order valence-corrected chi connectivity index (χ1v) is 23.9. The lowest BCUT2D eigenvalue weighted by Gasteiger charge is -2.47. The first-order chi connectivity index (χ1) is 33.5. The minimum Gasteiger partial charge on any atom is -0.459 e. The van der Waals surface area contributed by atoms with Crippen LogP contribution >= 0.6 is 0 Å². The van der Waals surface area contributed by atoms with Crippen LogP contribution < -0.4 is 5.32 Å². The summed E-state index contributed by atoms with van der Waals surface area (Å²) in [6.07, 6.45) is -5.79. The SMILES string of the molecule is CO[C@H]1O[C@H](CN([C@H](Cc2ccccc2)C(=O)N[C@@H](C)C(=O)OCc2ccccc2)S(=O)(=O)c2ccccc2[N+](=O)[O-])[C@@H](OCc2ccccc2)[C@H](OCc2ccccc2)[C@H]1OCc1ccccc1. The number of carbonyl (C=O) groups is 2. The number of nitrogens with zero attached hydrogens (tertiary/aromatic N) is 2. The zero-order valence-electron chi connectivity index (χ0n) is 38.2. The number of nitro benzene ring substituents is 1. The minimum atomic E-state index is -5.02. The van der Waals surface area contributed by atoms with Crippen molar-refractivity contribution >= 4 is 27.6 Å². The molecule has 1 N–H and O–H groups in total. The number of benzene rings is 6. The fourth-order valence-electron chi connectivity index (χ4n) is 7.99. The summed E-state index contributed by atoms with van der Waals surface area (Å²) in [6, 6.07) is 47.9. The van der Waals surface area contributed by atoms with Crippen LogP contribution in [-0.4, -0.2) is 86.0 Å². The van der Waals surface area contributed by atoms with Gasteiger partial charge in [-0.2, -0.15) is 4.31 Å². The van der Waals surface area contributed by atoms with Gasteiger partial charge < -0.3 is 33.7 Å². The van der Waals surface area contributed by atoms with Gasteiger partial charge in [0.25, 0.3) is 15.7 Å². The Morgan fingerprint density at radius 3 is 1.57 bits per heavy atom. The zero-order valence-corrected chi connectivity index (χ0v) is 39.0. The van der Waals surface area contributed by atoms with E-state index in [0.29, 0.717) is 5.56 Å². The van der Waals surface area contributed by atoms with Crippen LogP contribution in [0, 0.1) is 10.1 Å². The Bertz CT molecular complexity index is 2670. The highest BCUT2D eigenvalue weighted by Gasteiger charge is 2.51. The van der Waals surface area contributed by atoms with Gasteiger partial charge in [0, 0.05) is 19.7 Å². The number of para-hydroxylation sites is 1. The van der Waals surface area contributed by atoms with E-state index in [1.165, 1.54) is 26.2 Å². The van der Waals surface area contributed by atoms with Crippen LogP contribution in [0.4, 0.5) is 5.69 Å². The number of rotatable bonds is 23. The second kappa shape index (κ2) is 24.6. The van der Waals surface area contributed by atoms with Gasteiger partial charge in [0.05, 0.1) is 24.7 Å². The summed E-state index contributed by atoms with van der Waals surface area (Å²) in [5.41, 5.74) is 3.02. The molecule has 0 saturated carbocycles. The van der Waals surface area contributed by atoms with Crippen molar-refractivity contribution in [2.45, 2.75) is 87.5 Å². The summed E-state index contributed by atoms with van der Waals surface area (Å²) in [4.78, 5) is 39.4. The molecule has 0 radical (unpaired) electrons. The Morgan fingerprint density at radius 1 is 0.638 bits per heavy atom. The quantitative estimate of drug-likeness (QED) is 0.0379. The summed E-state index contributed by atoms with van der Waals surface area (Å²) in [6.45, 7) is 0.963. The molecular formula is C53H55N3O12S. The normalized spacial score (nSPS) is 19.0. The molecule has 1 aliphatic rings. The third-order valence-electron chi connectivity index (χ3n) is 11.5. The molecule has 69 heavy (non-hydrogen) atoms. The second-order valence-corrected chi connectivity index (χ2v) is 18.2. The van der Waals surface area contributed by atoms with Crippen molar-refractivity contribution in [3.05, 3.63) is 214 Å². The van der Waals surface area contributed by atoms with Gasteiger partial charge in [0.1, 0.15) is 43.1 Å². The number of hydrogen-bond donors (Lipinski definition) is 1. The van der Waals surface area contributed by atoms with Gasteiger partial charge in [-0.15, -0.1) is 0 Å². The Balaban J connectivity index is 1.32. The van der Waals surface area contributed by atoms with E-state index in [1.54, 1.807) is 54.6 Å². The molecule has 0 spiro atoms. The van der Waals surface area contributed by atoms with Crippen molar-refractivity contribution in [3.63, 3.8) is 0 Å². The fourth-order valence-corrected chi connectivity index (χ4v) is 9.75. The molecule has 360 valence electrons. The second-order valence-electron chi connectivity index (χ2n) is 16.4. The Labute approximate surface area is 402 Å². The summed E-state index contributed by atoms with van der Waals surface area (Å²) >= 11 is 0. The summed E-state index contributed by atoms with van der Waals surface area (Å²) in [5.74, 6) is -1.65. The first-order valence-electron chi connectivity index (χ1n) is 22.5. The summed E-state index contributed by atoms with van der Waals surface area (Å²) < 4.78 is 70.2. The third-order valence-corrected chi connectivity index (χ3v) is 13.5. The molecule has 1 fully saturated rings. The van der Waals surface area contributed by atoms with Crippen LogP contribution in [0.5, 0.6) is 0 Å². The number of hydrogen-bond acceptors (Lipinski definition) is 12. The van der Waals surface area contributed by atoms with Crippen LogP contribution in [0.3, 0.4) is 0 Å². The molecule has 15 nitrogen and oxygen atoms in total. The highest BCUT2D eigenvalue weighted by atomic mass is 32.2. The molecule has 1 heterocycles. The number of nitro groups is 1. The zero-order chi connectivity index (χ0) is 48.6. The van der Waals surface area contributed by atoms with Crippen LogP contribution in [0.1, 0.15) is 34.7 Å². The Hall–Kier alpha value is -6.63. The van der Waals surface area contributed by atoms with Crippen molar-refractivity contribution in [3.8, 4) is 0 Å². The monoisotopic (exact) mass is 957 g/mol. The molecule has 0 aliphatic carbocycles.